The first-order valence-corrected chi connectivity index (χ1v) is 8.51. The Kier molecular flexibility index (Phi) is 4.19. The van der Waals surface area contributed by atoms with Crippen molar-refractivity contribution in [1.82, 2.24) is 24.6 Å². The van der Waals surface area contributed by atoms with Crippen molar-refractivity contribution in [3.05, 3.63) is 66.4 Å². The lowest BCUT2D eigenvalue weighted by Crippen LogP contribution is -2.29. The van der Waals surface area contributed by atoms with E-state index in [9.17, 15) is 4.79 Å². The quantitative estimate of drug-likeness (QED) is 0.775. The molecule has 0 aliphatic carbocycles. The maximum atomic E-state index is 12.2. The average molecular weight is 335 g/mol. The molecule has 1 aliphatic rings. The number of rotatable bonds is 5. The van der Waals surface area contributed by atoms with Gasteiger partial charge >= 0.3 is 0 Å². The molecule has 0 aromatic carbocycles. The summed E-state index contributed by atoms with van der Waals surface area (Å²) in [7, 11) is 1.88. The first-order chi connectivity index (χ1) is 12.2. The van der Waals surface area contributed by atoms with Gasteiger partial charge in [0.2, 0.25) is 5.91 Å². The van der Waals surface area contributed by atoms with Crippen molar-refractivity contribution >= 4 is 11.6 Å². The van der Waals surface area contributed by atoms with E-state index in [1.807, 2.05) is 59.1 Å². The molecule has 2 atom stereocenters. The van der Waals surface area contributed by atoms with Gasteiger partial charge in [-0.1, -0.05) is 6.07 Å². The predicted molar refractivity (Wildman–Crippen MR) is 94.8 cm³/mol. The average Bonchev–Trinajstić information content (AvgIpc) is 3.16. The molecular weight excluding hydrogens is 314 g/mol. The third-order valence-electron chi connectivity index (χ3n) is 4.87. The second-order valence-electron chi connectivity index (χ2n) is 6.52. The number of hydrogen-bond acceptors (Lipinski definition) is 4. The zero-order chi connectivity index (χ0) is 17.2. The van der Waals surface area contributed by atoms with E-state index in [4.69, 9.17) is 0 Å². The normalized spacial score (nSPS) is 20.5. The molecular formula is C19H21N5O. The molecule has 3 aromatic rings. The van der Waals surface area contributed by atoms with Crippen LogP contribution in [-0.2, 0) is 11.3 Å². The number of likely N-dealkylation sites (tertiary alicyclic amines) is 1. The SMILES string of the molecule is CN1C(=O)C[C@@H](CNCc2cn3ccccc3n2)[C@@H]1c1ccncc1. The van der Waals surface area contributed by atoms with E-state index in [-0.39, 0.29) is 17.9 Å². The van der Waals surface area contributed by atoms with Gasteiger partial charge in [0.25, 0.3) is 0 Å². The summed E-state index contributed by atoms with van der Waals surface area (Å²) in [6.07, 6.45) is 8.17. The van der Waals surface area contributed by atoms with Gasteiger partial charge in [-0.05, 0) is 29.8 Å². The van der Waals surface area contributed by atoms with Crippen LogP contribution in [0.4, 0.5) is 0 Å². The Hall–Kier alpha value is -2.73. The van der Waals surface area contributed by atoms with Crippen molar-refractivity contribution in [3.63, 3.8) is 0 Å². The maximum absolute atomic E-state index is 12.2. The fourth-order valence-electron chi connectivity index (χ4n) is 3.65. The Morgan fingerprint density at radius 1 is 1.24 bits per heavy atom. The van der Waals surface area contributed by atoms with E-state index < -0.39 is 0 Å². The molecule has 1 aliphatic heterocycles. The fraction of sp³-hybridized carbons (Fsp3) is 0.316. The van der Waals surface area contributed by atoms with Gasteiger partial charge in [-0.3, -0.25) is 9.78 Å². The van der Waals surface area contributed by atoms with Crippen LogP contribution >= 0.6 is 0 Å². The van der Waals surface area contributed by atoms with E-state index >= 15 is 0 Å². The number of pyridine rings is 2. The summed E-state index contributed by atoms with van der Waals surface area (Å²) in [6, 6.07) is 10.1. The standard InChI is InChI=1S/C19H21N5O/c1-23-18(25)10-15(19(23)14-5-7-20-8-6-14)11-21-12-16-13-24-9-3-2-4-17(24)22-16/h2-9,13,15,19,21H,10-12H2,1H3/t15-,19-/m0/s1. The molecule has 25 heavy (non-hydrogen) atoms. The van der Waals surface area contributed by atoms with Crippen LogP contribution in [0.3, 0.4) is 0 Å². The summed E-state index contributed by atoms with van der Waals surface area (Å²) in [5, 5.41) is 3.48. The minimum atomic E-state index is 0.101. The van der Waals surface area contributed by atoms with Crippen LogP contribution in [-0.4, -0.2) is 38.8 Å². The molecule has 0 radical (unpaired) electrons. The van der Waals surface area contributed by atoms with Crippen LogP contribution in [0.1, 0.15) is 23.7 Å². The van der Waals surface area contributed by atoms with E-state index in [1.165, 1.54) is 0 Å². The van der Waals surface area contributed by atoms with Crippen LogP contribution < -0.4 is 5.32 Å². The summed E-state index contributed by atoms with van der Waals surface area (Å²) in [6.45, 7) is 1.47. The molecule has 1 amide bonds. The van der Waals surface area contributed by atoms with Gasteiger partial charge in [0, 0.05) is 57.3 Å². The first-order valence-electron chi connectivity index (χ1n) is 8.51. The molecule has 1 fully saturated rings. The van der Waals surface area contributed by atoms with Crippen LogP contribution in [0, 0.1) is 5.92 Å². The number of fused-ring (bicyclic) bond motifs is 1. The number of amides is 1. The molecule has 3 aromatic heterocycles. The zero-order valence-electron chi connectivity index (χ0n) is 14.2. The Balaban J connectivity index is 1.43. The second-order valence-corrected chi connectivity index (χ2v) is 6.52. The highest BCUT2D eigenvalue weighted by atomic mass is 16.2. The minimum Gasteiger partial charge on any atom is -0.338 e. The molecule has 1 saturated heterocycles. The Morgan fingerprint density at radius 3 is 2.88 bits per heavy atom. The van der Waals surface area contributed by atoms with Gasteiger partial charge in [0.15, 0.2) is 0 Å². The van der Waals surface area contributed by atoms with Gasteiger partial charge in [0.1, 0.15) is 5.65 Å². The number of carbonyl (C=O) groups excluding carboxylic acids is 1. The van der Waals surface area contributed by atoms with E-state index in [2.05, 4.69) is 15.3 Å². The molecule has 6 heteroatoms. The number of carbonyl (C=O) groups is 1. The van der Waals surface area contributed by atoms with Crippen molar-refractivity contribution in [3.8, 4) is 0 Å². The lowest BCUT2D eigenvalue weighted by molar-refractivity contribution is -0.127. The topological polar surface area (TPSA) is 62.5 Å². The molecule has 0 bridgehead atoms. The monoisotopic (exact) mass is 335 g/mol. The van der Waals surface area contributed by atoms with Crippen molar-refractivity contribution in [1.29, 1.82) is 0 Å². The highest BCUT2D eigenvalue weighted by molar-refractivity contribution is 5.79. The van der Waals surface area contributed by atoms with Crippen molar-refractivity contribution in [2.75, 3.05) is 13.6 Å². The minimum absolute atomic E-state index is 0.101. The third kappa shape index (κ3) is 3.13. The molecule has 0 spiro atoms. The van der Waals surface area contributed by atoms with Crippen molar-refractivity contribution in [2.45, 2.75) is 19.0 Å². The van der Waals surface area contributed by atoms with Gasteiger partial charge < -0.3 is 14.6 Å². The van der Waals surface area contributed by atoms with Gasteiger partial charge in [-0.2, -0.15) is 0 Å². The smallest absolute Gasteiger partial charge is 0.223 e. The van der Waals surface area contributed by atoms with E-state index in [0.29, 0.717) is 13.0 Å². The van der Waals surface area contributed by atoms with Gasteiger partial charge in [0.05, 0.1) is 11.7 Å². The van der Waals surface area contributed by atoms with Gasteiger partial charge in [-0.15, -0.1) is 0 Å². The Morgan fingerprint density at radius 2 is 2.08 bits per heavy atom. The number of aromatic nitrogens is 3. The van der Waals surface area contributed by atoms with E-state index in [1.54, 1.807) is 12.4 Å². The van der Waals surface area contributed by atoms with Crippen LogP contribution in [0.2, 0.25) is 0 Å². The summed E-state index contributed by atoms with van der Waals surface area (Å²) in [5.74, 6) is 0.443. The summed E-state index contributed by atoms with van der Waals surface area (Å²) >= 11 is 0. The highest BCUT2D eigenvalue weighted by Gasteiger charge is 2.37. The number of hydrogen-bond donors (Lipinski definition) is 1. The molecule has 0 unspecified atom stereocenters. The largest absolute Gasteiger partial charge is 0.338 e. The molecule has 0 saturated carbocycles. The number of nitrogens with zero attached hydrogens (tertiary/aromatic N) is 4. The Labute approximate surface area is 146 Å². The second kappa shape index (κ2) is 6.64. The molecule has 128 valence electrons. The molecule has 6 nitrogen and oxygen atoms in total. The highest BCUT2D eigenvalue weighted by Crippen LogP contribution is 2.36. The lowest BCUT2D eigenvalue weighted by atomic mass is 9.94. The third-order valence-corrected chi connectivity index (χ3v) is 4.87. The van der Waals surface area contributed by atoms with Crippen LogP contribution in [0.15, 0.2) is 55.1 Å². The van der Waals surface area contributed by atoms with Crippen molar-refractivity contribution in [2.24, 2.45) is 5.92 Å². The summed E-state index contributed by atoms with van der Waals surface area (Å²) in [4.78, 5) is 22.7. The van der Waals surface area contributed by atoms with Crippen LogP contribution in [0.5, 0.6) is 0 Å². The first kappa shape index (κ1) is 15.8. The van der Waals surface area contributed by atoms with E-state index in [0.717, 1.165) is 23.4 Å². The zero-order valence-corrected chi connectivity index (χ0v) is 14.2. The molecule has 1 N–H and O–H groups in total. The summed E-state index contributed by atoms with van der Waals surface area (Å²) < 4.78 is 2.02. The molecule has 4 rings (SSSR count). The number of imidazole rings is 1. The Bertz CT molecular complexity index is 843. The molecule has 4 heterocycles. The maximum Gasteiger partial charge on any atom is 0.223 e. The number of nitrogens with one attached hydrogen (secondary N) is 1. The van der Waals surface area contributed by atoms with Crippen LogP contribution in [0.25, 0.3) is 5.65 Å². The predicted octanol–water partition coefficient (Wildman–Crippen LogP) is 2.04. The fourth-order valence-corrected chi connectivity index (χ4v) is 3.65. The summed E-state index contributed by atoms with van der Waals surface area (Å²) in [5.41, 5.74) is 3.09. The lowest BCUT2D eigenvalue weighted by Gasteiger charge is -2.25. The van der Waals surface area contributed by atoms with Crippen molar-refractivity contribution < 1.29 is 4.79 Å². The van der Waals surface area contributed by atoms with Gasteiger partial charge in [-0.25, -0.2) is 4.98 Å².